The van der Waals surface area contributed by atoms with Gasteiger partial charge in [-0.3, -0.25) is 4.99 Å². The summed E-state index contributed by atoms with van der Waals surface area (Å²) in [6.45, 7) is 2.20. The van der Waals surface area contributed by atoms with Crippen molar-refractivity contribution < 1.29 is 0 Å². The fourth-order valence-corrected chi connectivity index (χ4v) is 1.04. The van der Waals surface area contributed by atoms with Crippen molar-refractivity contribution >= 4 is 6.21 Å². The molecule has 1 unspecified atom stereocenters. The molecule has 0 spiro atoms. The second kappa shape index (κ2) is 4.04. The van der Waals surface area contributed by atoms with Crippen LogP contribution in [0.2, 0.25) is 0 Å². The molecule has 0 bridgehead atoms. The van der Waals surface area contributed by atoms with Gasteiger partial charge in [0.2, 0.25) is 0 Å². The van der Waals surface area contributed by atoms with E-state index in [4.69, 9.17) is 0 Å². The molecule has 1 atom stereocenters. The van der Waals surface area contributed by atoms with Crippen LogP contribution in [0.5, 0.6) is 0 Å². The monoisotopic (exact) mass is 135 g/mol. The summed E-state index contributed by atoms with van der Waals surface area (Å²) in [6, 6.07) is 0. The lowest BCUT2D eigenvalue weighted by Gasteiger charge is -2.01. The average Bonchev–Trinajstić information content (AvgIpc) is 2.17. The first-order valence-corrected chi connectivity index (χ1v) is 3.80. The van der Waals surface area contributed by atoms with E-state index < -0.39 is 0 Å². The summed E-state index contributed by atoms with van der Waals surface area (Å²) in [6.07, 6.45) is 12.5. The smallest absolute Gasteiger partial charge is 0.0264 e. The van der Waals surface area contributed by atoms with E-state index in [2.05, 4.69) is 24.1 Å². The van der Waals surface area contributed by atoms with Crippen LogP contribution < -0.4 is 0 Å². The molecule has 0 amide bonds. The Bertz CT molecular complexity index is 150. The fraction of sp³-hybridized carbons (Fsp3) is 0.444. The van der Waals surface area contributed by atoms with Crippen molar-refractivity contribution in [2.45, 2.75) is 19.8 Å². The number of rotatable bonds is 2. The third-order valence-corrected chi connectivity index (χ3v) is 1.57. The van der Waals surface area contributed by atoms with E-state index in [9.17, 15) is 0 Å². The van der Waals surface area contributed by atoms with Gasteiger partial charge in [-0.05, 0) is 18.4 Å². The Morgan fingerprint density at radius 1 is 1.40 bits per heavy atom. The minimum absolute atomic E-state index is 0.604. The highest BCUT2D eigenvalue weighted by atomic mass is 14.7. The minimum Gasteiger partial charge on any atom is -0.265 e. The highest BCUT2D eigenvalue weighted by Gasteiger charge is 1.97. The Kier molecular flexibility index (Phi) is 2.94. The molecule has 0 aromatic rings. The van der Waals surface area contributed by atoms with Gasteiger partial charge in [0.15, 0.2) is 0 Å². The Hall–Kier alpha value is -0.850. The molecule has 0 aromatic carbocycles. The molecule has 1 rings (SSSR count). The molecule has 1 heterocycles. The molecule has 54 valence electrons. The molecule has 0 N–H and O–H groups in total. The summed E-state index contributed by atoms with van der Waals surface area (Å²) in [5.74, 6) is 0.604. The van der Waals surface area contributed by atoms with Gasteiger partial charge in [-0.2, -0.15) is 0 Å². The Labute approximate surface area is 62.2 Å². The molecule has 0 fully saturated rings. The van der Waals surface area contributed by atoms with Crippen molar-refractivity contribution in [2.24, 2.45) is 10.9 Å². The SMILES string of the molecule is CCCC1C=CC=NC=C1. The second-order valence-electron chi connectivity index (χ2n) is 2.48. The third kappa shape index (κ3) is 2.18. The van der Waals surface area contributed by atoms with Crippen LogP contribution in [-0.4, -0.2) is 6.21 Å². The first-order chi connectivity index (χ1) is 4.93. The van der Waals surface area contributed by atoms with E-state index >= 15 is 0 Å². The summed E-state index contributed by atoms with van der Waals surface area (Å²) in [5, 5.41) is 0. The molecule has 1 nitrogen and oxygen atoms in total. The Balaban J connectivity index is 2.46. The van der Waals surface area contributed by atoms with Crippen LogP contribution in [0.1, 0.15) is 19.8 Å². The summed E-state index contributed by atoms with van der Waals surface area (Å²) >= 11 is 0. The van der Waals surface area contributed by atoms with Crippen molar-refractivity contribution in [1.29, 1.82) is 0 Å². The van der Waals surface area contributed by atoms with Crippen LogP contribution in [0.3, 0.4) is 0 Å². The molecule has 0 aromatic heterocycles. The fourth-order valence-electron chi connectivity index (χ4n) is 1.04. The van der Waals surface area contributed by atoms with Crippen LogP contribution in [0.15, 0.2) is 29.4 Å². The standard InChI is InChI=1S/C9H13N/c1-2-4-9-5-3-7-10-8-6-9/h3,5-9H,2,4H2,1H3. The van der Waals surface area contributed by atoms with Crippen LogP contribution in [-0.2, 0) is 0 Å². The maximum atomic E-state index is 4.01. The summed E-state index contributed by atoms with van der Waals surface area (Å²) < 4.78 is 0. The number of hydrogen-bond donors (Lipinski definition) is 0. The van der Waals surface area contributed by atoms with E-state index in [1.54, 1.807) is 0 Å². The third-order valence-electron chi connectivity index (χ3n) is 1.57. The van der Waals surface area contributed by atoms with E-state index in [1.165, 1.54) is 12.8 Å². The van der Waals surface area contributed by atoms with Gasteiger partial charge in [0.1, 0.15) is 0 Å². The van der Waals surface area contributed by atoms with Crippen molar-refractivity contribution in [3.63, 3.8) is 0 Å². The van der Waals surface area contributed by atoms with Crippen LogP contribution in [0, 0.1) is 5.92 Å². The van der Waals surface area contributed by atoms with Crippen LogP contribution in [0.25, 0.3) is 0 Å². The number of hydrogen-bond acceptors (Lipinski definition) is 1. The maximum absolute atomic E-state index is 4.01. The predicted molar refractivity (Wildman–Crippen MR) is 45.2 cm³/mol. The second-order valence-corrected chi connectivity index (χ2v) is 2.48. The van der Waals surface area contributed by atoms with E-state index in [0.717, 1.165) is 0 Å². The molecule has 1 aliphatic heterocycles. The topological polar surface area (TPSA) is 12.4 Å². The molecule has 0 saturated carbocycles. The maximum Gasteiger partial charge on any atom is 0.0264 e. The lowest BCUT2D eigenvalue weighted by atomic mass is 10.0. The largest absolute Gasteiger partial charge is 0.265 e. The summed E-state index contributed by atoms with van der Waals surface area (Å²) in [5.41, 5.74) is 0. The normalized spacial score (nSPS) is 23.1. The minimum atomic E-state index is 0.604. The summed E-state index contributed by atoms with van der Waals surface area (Å²) in [7, 11) is 0. The van der Waals surface area contributed by atoms with Crippen LogP contribution >= 0.6 is 0 Å². The average molecular weight is 135 g/mol. The molecule has 0 aliphatic carbocycles. The van der Waals surface area contributed by atoms with Crippen molar-refractivity contribution in [3.8, 4) is 0 Å². The van der Waals surface area contributed by atoms with E-state index in [0.29, 0.717) is 5.92 Å². The van der Waals surface area contributed by atoms with Crippen LogP contribution in [0.4, 0.5) is 0 Å². The quantitative estimate of drug-likeness (QED) is 0.551. The first-order valence-electron chi connectivity index (χ1n) is 3.80. The van der Waals surface area contributed by atoms with Crippen molar-refractivity contribution in [3.05, 3.63) is 24.4 Å². The van der Waals surface area contributed by atoms with Gasteiger partial charge in [0.25, 0.3) is 0 Å². The number of nitrogens with zero attached hydrogens (tertiary/aromatic N) is 1. The van der Waals surface area contributed by atoms with E-state index in [1.807, 2.05) is 18.5 Å². The molecule has 1 heteroatoms. The Morgan fingerprint density at radius 3 is 3.10 bits per heavy atom. The van der Waals surface area contributed by atoms with Gasteiger partial charge in [-0.1, -0.05) is 25.5 Å². The molecule has 10 heavy (non-hydrogen) atoms. The number of allylic oxidation sites excluding steroid dienone is 3. The van der Waals surface area contributed by atoms with Crippen molar-refractivity contribution in [2.75, 3.05) is 0 Å². The molecular weight excluding hydrogens is 122 g/mol. The Morgan fingerprint density at radius 2 is 2.30 bits per heavy atom. The van der Waals surface area contributed by atoms with E-state index in [-0.39, 0.29) is 0 Å². The van der Waals surface area contributed by atoms with Gasteiger partial charge < -0.3 is 0 Å². The zero-order valence-electron chi connectivity index (χ0n) is 6.33. The van der Waals surface area contributed by atoms with Gasteiger partial charge in [0, 0.05) is 12.4 Å². The molecule has 0 radical (unpaired) electrons. The summed E-state index contributed by atoms with van der Waals surface area (Å²) in [4.78, 5) is 4.01. The van der Waals surface area contributed by atoms with Gasteiger partial charge in [-0.25, -0.2) is 0 Å². The van der Waals surface area contributed by atoms with Gasteiger partial charge in [-0.15, -0.1) is 0 Å². The zero-order chi connectivity index (χ0) is 7.23. The predicted octanol–water partition coefficient (Wildman–Crippen LogP) is 2.56. The lowest BCUT2D eigenvalue weighted by molar-refractivity contribution is 0.691. The van der Waals surface area contributed by atoms with Gasteiger partial charge in [0.05, 0.1) is 0 Å². The lowest BCUT2D eigenvalue weighted by Crippen LogP contribution is -1.88. The highest BCUT2D eigenvalue weighted by molar-refractivity contribution is 5.72. The first kappa shape index (κ1) is 7.26. The van der Waals surface area contributed by atoms with Crippen molar-refractivity contribution in [1.82, 2.24) is 0 Å². The zero-order valence-corrected chi connectivity index (χ0v) is 6.33. The molecular formula is C9H13N. The molecule has 1 aliphatic rings. The highest BCUT2D eigenvalue weighted by Crippen LogP contribution is 2.10. The molecule has 0 saturated heterocycles. The van der Waals surface area contributed by atoms with Gasteiger partial charge >= 0.3 is 0 Å². The number of aliphatic imine (C=N–C) groups is 1.